The lowest BCUT2D eigenvalue weighted by atomic mass is 9.93. The number of ether oxygens (including phenoxy) is 1. The van der Waals surface area contributed by atoms with Gasteiger partial charge < -0.3 is 4.74 Å². The number of hydrogen-bond donors (Lipinski definition) is 0. The molecule has 2 heteroatoms. The second-order valence-corrected chi connectivity index (χ2v) is 3.61. The van der Waals surface area contributed by atoms with E-state index >= 15 is 0 Å². The Bertz CT molecular complexity index is 327. The molecule has 0 atom stereocenters. The van der Waals surface area contributed by atoms with Crippen LogP contribution in [-0.2, 0) is 0 Å². The third kappa shape index (κ3) is 2.82. The van der Waals surface area contributed by atoms with Gasteiger partial charge in [0, 0.05) is 11.5 Å². The number of carbonyl (C=O) groups excluding carboxylic acids is 1. The minimum Gasteiger partial charge on any atom is -0.497 e. The van der Waals surface area contributed by atoms with Gasteiger partial charge in [0.25, 0.3) is 0 Å². The molecule has 0 radical (unpaired) electrons. The van der Waals surface area contributed by atoms with Crippen molar-refractivity contribution in [1.82, 2.24) is 0 Å². The van der Waals surface area contributed by atoms with Crippen LogP contribution >= 0.6 is 0 Å². The van der Waals surface area contributed by atoms with Gasteiger partial charge in [-0.2, -0.15) is 0 Å². The molecular weight excluding hydrogens is 188 g/mol. The molecule has 0 fully saturated rings. The monoisotopic (exact) mass is 206 g/mol. The number of methoxy groups -OCH3 is 1. The number of carbonyl (C=O) groups is 1. The maximum atomic E-state index is 12.0. The third-order valence-electron chi connectivity index (χ3n) is 2.71. The van der Waals surface area contributed by atoms with Crippen molar-refractivity contribution in [3.8, 4) is 5.75 Å². The molecular formula is C13H18O2. The molecule has 0 aliphatic rings. The summed E-state index contributed by atoms with van der Waals surface area (Å²) in [5.74, 6) is 1.10. The molecule has 0 aromatic heterocycles. The van der Waals surface area contributed by atoms with Crippen LogP contribution in [0.1, 0.15) is 37.0 Å². The largest absolute Gasteiger partial charge is 0.497 e. The van der Waals surface area contributed by atoms with Crippen LogP contribution in [0.15, 0.2) is 24.3 Å². The number of hydrogen-bond acceptors (Lipinski definition) is 2. The lowest BCUT2D eigenvalue weighted by Gasteiger charge is -2.11. The van der Waals surface area contributed by atoms with Gasteiger partial charge >= 0.3 is 0 Å². The quantitative estimate of drug-likeness (QED) is 0.691. The van der Waals surface area contributed by atoms with E-state index in [1.165, 1.54) is 0 Å². The molecule has 0 aliphatic heterocycles. The second kappa shape index (κ2) is 5.54. The fourth-order valence-corrected chi connectivity index (χ4v) is 1.67. The van der Waals surface area contributed by atoms with E-state index in [4.69, 9.17) is 4.74 Å². The zero-order chi connectivity index (χ0) is 11.3. The average molecular weight is 206 g/mol. The Hall–Kier alpha value is -1.31. The predicted octanol–water partition coefficient (Wildman–Crippen LogP) is 3.31. The molecule has 2 nitrogen and oxygen atoms in total. The zero-order valence-corrected chi connectivity index (χ0v) is 9.62. The van der Waals surface area contributed by atoms with Crippen LogP contribution in [0.5, 0.6) is 5.75 Å². The van der Waals surface area contributed by atoms with Crippen LogP contribution in [0.4, 0.5) is 0 Å². The van der Waals surface area contributed by atoms with Crippen molar-refractivity contribution in [3.05, 3.63) is 29.8 Å². The van der Waals surface area contributed by atoms with E-state index in [0.29, 0.717) is 0 Å². The van der Waals surface area contributed by atoms with Crippen molar-refractivity contribution in [2.75, 3.05) is 7.11 Å². The molecule has 15 heavy (non-hydrogen) atoms. The number of ketones is 1. The SMILES string of the molecule is CCC(CC)C(=O)c1cccc(OC)c1. The third-order valence-corrected chi connectivity index (χ3v) is 2.71. The Morgan fingerprint density at radius 2 is 2.00 bits per heavy atom. The Balaban J connectivity index is 2.90. The van der Waals surface area contributed by atoms with Gasteiger partial charge in [-0.1, -0.05) is 26.0 Å². The maximum absolute atomic E-state index is 12.0. The van der Waals surface area contributed by atoms with E-state index in [1.807, 2.05) is 32.0 Å². The number of benzene rings is 1. The lowest BCUT2D eigenvalue weighted by Crippen LogP contribution is -2.12. The number of rotatable bonds is 5. The first kappa shape index (κ1) is 11.8. The summed E-state index contributed by atoms with van der Waals surface area (Å²) in [5.41, 5.74) is 0.753. The van der Waals surface area contributed by atoms with E-state index < -0.39 is 0 Å². The fraction of sp³-hybridized carbons (Fsp3) is 0.462. The van der Waals surface area contributed by atoms with Gasteiger partial charge in [0.1, 0.15) is 5.75 Å². The molecule has 0 saturated carbocycles. The van der Waals surface area contributed by atoms with Crippen LogP contribution in [0.3, 0.4) is 0 Å². The van der Waals surface area contributed by atoms with E-state index in [2.05, 4.69) is 0 Å². The van der Waals surface area contributed by atoms with Gasteiger partial charge in [-0.15, -0.1) is 0 Å². The smallest absolute Gasteiger partial charge is 0.166 e. The van der Waals surface area contributed by atoms with Gasteiger partial charge in [0.05, 0.1) is 7.11 Å². The summed E-state index contributed by atoms with van der Waals surface area (Å²) in [6.07, 6.45) is 1.79. The second-order valence-electron chi connectivity index (χ2n) is 3.61. The first-order chi connectivity index (χ1) is 7.22. The molecule has 0 aliphatic carbocycles. The van der Waals surface area contributed by atoms with Crippen LogP contribution in [0.2, 0.25) is 0 Å². The Morgan fingerprint density at radius 1 is 1.33 bits per heavy atom. The minimum absolute atomic E-state index is 0.136. The molecule has 0 saturated heterocycles. The Morgan fingerprint density at radius 3 is 2.53 bits per heavy atom. The summed E-state index contributed by atoms with van der Waals surface area (Å²) < 4.78 is 5.10. The molecule has 1 aromatic carbocycles. The maximum Gasteiger partial charge on any atom is 0.166 e. The van der Waals surface area contributed by atoms with Gasteiger partial charge in [0.15, 0.2) is 5.78 Å². The van der Waals surface area contributed by atoms with Crippen LogP contribution in [0.25, 0.3) is 0 Å². The zero-order valence-electron chi connectivity index (χ0n) is 9.62. The molecule has 0 unspecified atom stereocenters. The molecule has 1 aromatic rings. The van der Waals surface area contributed by atoms with Gasteiger partial charge in [-0.3, -0.25) is 4.79 Å². The van der Waals surface area contributed by atoms with Gasteiger partial charge in [-0.25, -0.2) is 0 Å². The molecule has 82 valence electrons. The highest BCUT2D eigenvalue weighted by Gasteiger charge is 2.16. The first-order valence-electron chi connectivity index (χ1n) is 5.41. The predicted molar refractivity (Wildman–Crippen MR) is 61.4 cm³/mol. The average Bonchev–Trinajstić information content (AvgIpc) is 2.30. The van der Waals surface area contributed by atoms with Gasteiger partial charge in [-0.05, 0) is 25.0 Å². The fourth-order valence-electron chi connectivity index (χ4n) is 1.67. The molecule has 0 heterocycles. The molecule has 0 bridgehead atoms. The summed E-state index contributed by atoms with van der Waals surface area (Å²) in [7, 11) is 1.61. The van der Waals surface area contributed by atoms with Crippen molar-refractivity contribution in [2.45, 2.75) is 26.7 Å². The highest BCUT2D eigenvalue weighted by Crippen LogP contribution is 2.19. The van der Waals surface area contributed by atoms with Crippen molar-refractivity contribution >= 4 is 5.78 Å². The highest BCUT2D eigenvalue weighted by atomic mass is 16.5. The lowest BCUT2D eigenvalue weighted by molar-refractivity contribution is 0.0913. The summed E-state index contributed by atoms with van der Waals surface area (Å²) >= 11 is 0. The van der Waals surface area contributed by atoms with E-state index in [1.54, 1.807) is 13.2 Å². The summed E-state index contributed by atoms with van der Waals surface area (Å²) in [5, 5.41) is 0. The highest BCUT2D eigenvalue weighted by molar-refractivity contribution is 5.98. The van der Waals surface area contributed by atoms with E-state index in [-0.39, 0.29) is 11.7 Å². The summed E-state index contributed by atoms with van der Waals surface area (Å²) in [6, 6.07) is 7.36. The first-order valence-corrected chi connectivity index (χ1v) is 5.41. The normalized spacial score (nSPS) is 10.4. The van der Waals surface area contributed by atoms with Crippen molar-refractivity contribution in [2.24, 2.45) is 5.92 Å². The Labute approximate surface area is 91.3 Å². The molecule has 1 rings (SSSR count). The molecule has 0 spiro atoms. The van der Waals surface area contributed by atoms with Crippen molar-refractivity contribution < 1.29 is 9.53 Å². The topological polar surface area (TPSA) is 26.3 Å². The summed E-state index contributed by atoms with van der Waals surface area (Å²) in [6.45, 7) is 4.10. The van der Waals surface area contributed by atoms with Crippen LogP contribution in [0, 0.1) is 5.92 Å². The minimum atomic E-state index is 0.136. The van der Waals surface area contributed by atoms with E-state index in [0.717, 1.165) is 24.2 Å². The standard InChI is InChI=1S/C13H18O2/c1-4-10(5-2)13(14)11-7-6-8-12(9-11)15-3/h6-10H,4-5H2,1-3H3. The molecule has 0 amide bonds. The van der Waals surface area contributed by atoms with Crippen molar-refractivity contribution in [3.63, 3.8) is 0 Å². The molecule has 0 N–H and O–H groups in total. The summed E-state index contributed by atoms with van der Waals surface area (Å²) in [4.78, 5) is 12.0. The van der Waals surface area contributed by atoms with Crippen LogP contribution < -0.4 is 4.74 Å². The van der Waals surface area contributed by atoms with Crippen LogP contribution in [-0.4, -0.2) is 12.9 Å². The van der Waals surface area contributed by atoms with Crippen molar-refractivity contribution in [1.29, 1.82) is 0 Å². The van der Waals surface area contributed by atoms with E-state index in [9.17, 15) is 4.79 Å². The van der Waals surface area contributed by atoms with Gasteiger partial charge in [0.2, 0.25) is 0 Å². The number of Topliss-reactive ketones (excluding diaryl/α,β-unsaturated/α-hetero) is 1. The Kier molecular flexibility index (Phi) is 4.35.